The van der Waals surface area contributed by atoms with Crippen LogP contribution in [-0.2, 0) is 6.42 Å². The molecule has 0 aliphatic carbocycles. The van der Waals surface area contributed by atoms with Crippen molar-refractivity contribution < 1.29 is 27.1 Å². The molecule has 0 N–H and O–H groups in total. The molecule has 0 unspecified atom stereocenters. The summed E-state index contributed by atoms with van der Waals surface area (Å²) in [5.41, 5.74) is 2.22. The van der Waals surface area contributed by atoms with Gasteiger partial charge in [0.1, 0.15) is 22.9 Å². The van der Waals surface area contributed by atoms with Crippen molar-refractivity contribution in [3.63, 3.8) is 0 Å². The minimum atomic E-state index is -1.35. The summed E-state index contributed by atoms with van der Waals surface area (Å²) in [6.07, 6.45) is 0.807. The van der Waals surface area contributed by atoms with E-state index in [9.17, 15) is 22.4 Å². The second kappa shape index (κ2) is 9.91. The highest BCUT2D eigenvalue weighted by Crippen LogP contribution is 2.27. The molecule has 4 rings (SSSR count). The number of halogens is 4. The van der Waals surface area contributed by atoms with Gasteiger partial charge < -0.3 is 4.74 Å². The lowest BCUT2D eigenvalue weighted by molar-refractivity contribution is 0.0724. The number of hydrogen-bond donors (Lipinski definition) is 0. The predicted octanol–water partition coefficient (Wildman–Crippen LogP) is 7.48. The third kappa shape index (κ3) is 5.17. The van der Waals surface area contributed by atoms with Crippen molar-refractivity contribution >= 4 is 5.97 Å². The molecule has 0 aromatic heterocycles. The Hall–Kier alpha value is -3.93. The van der Waals surface area contributed by atoms with E-state index in [4.69, 9.17) is 4.74 Å². The number of carbonyl (C=O) groups excluding carboxylic acids is 1. The van der Waals surface area contributed by atoms with Gasteiger partial charge in [-0.1, -0.05) is 61.5 Å². The SMILES string of the molecule is C[C@H](Cc1ccc(-c2cc(F)c(C(=O)Oc3ccc(F)c(F)c3)c(F)c2)cc1)c1ccccc1. The molecule has 0 aliphatic rings. The molecular weight excluding hydrogens is 444 g/mol. The Morgan fingerprint density at radius 1 is 0.735 bits per heavy atom. The summed E-state index contributed by atoms with van der Waals surface area (Å²) in [6, 6.07) is 21.9. The number of esters is 1. The number of ether oxygens (including phenoxy) is 1. The minimum Gasteiger partial charge on any atom is -0.423 e. The van der Waals surface area contributed by atoms with Gasteiger partial charge in [-0.25, -0.2) is 22.4 Å². The summed E-state index contributed by atoms with van der Waals surface area (Å²) in [5, 5.41) is 0. The van der Waals surface area contributed by atoms with Gasteiger partial charge in [-0.3, -0.25) is 0 Å². The highest BCUT2D eigenvalue weighted by molar-refractivity contribution is 5.92. The van der Waals surface area contributed by atoms with E-state index in [-0.39, 0.29) is 11.3 Å². The van der Waals surface area contributed by atoms with Gasteiger partial charge >= 0.3 is 5.97 Å². The van der Waals surface area contributed by atoms with Gasteiger partial charge in [0.05, 0.1) is 0 Å². The average Bonchev–Trinajstić information content (AvgIpc) is 2.82. The number of carbonyl (C=O) groups is 1. The zero-order valence-electron chi connectivity index (χ0n) is 18.2. The molecule has 0 radical (unpaired) electrons. The smallest absolute Gasteiger partial charge is 0.349 e. The van der Waals surface area contributed by atoms with E-state index in [1.165, 1.54) is 5.56 Å². The second-order valence-corrected chi connectivity index (χ2v) is 7.99. The van der Waals surface area contributed by atoms with Crippen molar-refractivity contribution in [3.05, 3.63) is 125 Å². The molecule has 4 aromatic rings. The molecule has 34 heavy (non-hydrogen) atoms. The van der Waals surface area contributed by atoms with Crippen LogP contribution >= 0.6 is 0 Å². The van der Waals surface area contributed by atoms with Crippen LogP contribution in [0.1, 0.15) is 34.3 Å². The third-order valence-corrected chi connectivity index (χ3v) is 5.55. The van der Waals surface area contributed by atoms with E-state index in [2.05, 4.69) is 19.1 Å². The van der Waals surface area contributed by atoms with Crippen LogP contribution in [0.5, 0.6) is 5.75 Å². The highest BCUT2D eigenvalue weighted by Gasteiger charge is 2.22. The van der Waals surface area contributed by atoms with Gasteiger partial charge in [0.15, 0.2) is 11.6 Å². The van der Waals surface area contributed by atoms with Gasteiger partial charge in [0.2, 0.25) is 0 Å². The molecule has 4 aromatic carbocycles. The molecule has 0 aliphatic heterocycles. The molecule has 0 bridgehead atoms. The Morgan fingerprint density at radius 2 is 1.38 bits per heavy atom. The molecule has 172 valence electrons. The fourth-order valence-corrected chi connectivity index (χ4v) is 3.72. The number of hydrogen-bond acceptors (Lipinski definition) is 2. The molecule has 0 heterocycles. The summed E-state index contributed by atoms with van der Waals surface area (Å²) in [7, 11) is 0. The standard InChI is InChI=1S/C28H20F4O2/c1-17(19-5-3-2-4-6-19)13-18-7-9-20(10-8-18)21-14-25(31)27(26(32)15-21)28(33)34-22-11-12-23(29)24(30)16-22/h2-12,14-17H,13H2,1H3/t17-/m1/s1. The molecule has 0 amide bonds. The summed E-state index contributed by atoms with van der Waals surface area (Å²) in [5.74, 6) is -6.04. The van der Waals surface area contributed by atoms with E-state index in [1.807, 2.05) is 30.3 Å². The van der Waals surface area contributed by atoms with Crippen LogP contribution in [0, 0.1) is 23.3 Å². The van der Waals surface area contributed by atoms with Gasteiger partial charge in [-0.2, -0.15) is 0 Å². The van der Waals surface area contributed by atoms with Crippen LogP contribution in [0.15, 0.2) is 84.9 Å². The van der Waals surface area contributed by atoms with Crippen molar-refractivity contribution in [2.24, 2.45) is 0 Å². The third-order valence-electron chi connectivity index (χ3n) is 5.55. The van der Waals surface area contributed by atoms with Gasteiger partial charge in [0, 0.05) is 6.07 Å². The fraction of sp³-hybridized carbons (Fsp3) is 0.107. The quantitative estimate of drug-likeness (QED) is 0.168. The molecule has 0 saturated heterocycles. The van der Waals surface area contributed by atoms with E-state index in [1.54, 1.807) is 12.1 Å². The lowest BCUT2D eigenvalue weighted by Crippen LogP contribution is -2.13. The highest BCUT2D eigenvalue weighted by atomic mass is 19.2. The molecule has 2 nitrogen and oxygen atoms in total. The van der Waals surface area contributed by atoms with Crippen LogP contribution in [0.4, 0.5) is 17.6 Å². The predicted molar refractivity (Wildman–Crippen MR) is 122 cm³/mol. The number of rotatable bonds is 6. The molecule has 0 saturated carbocycles. The van der Waals surface area contributed by atoms with Gasteiger partial charge in [-0.05, 0) is 58.9 Å². The topological polar surface area (TPSA) is 26.3 Å². The Morgan fingerprint density at radius 3 is 2.00 bits per heavy atom. The Labute approximate surface area is 194 Å². The first-order valence-corrected chi connectivity index (χ1v) is 10.6. The van der Waals surface area contributed by atoms with E-state index < -0.39 is 34.8 Å². The zero-order chi connectivity index (χ0) is 24.2. The zero-order valence-corrected chi connectivity index (χ0v) is 18.2. The number of benzene rings is 4. The van der Waals surface area contributed by atoms with Gasteiger partial charge in [-0.15, -0.1) is 0 Å². The minimum absolute atomic E-state index is 0.252. The fourth-order valence-electron chi connectivity index (χ4n) is 3.72. The van der Waals surface area contributed by atoms with Crippen LogP contribution in [-0.4, -0.2) is 5.97 Å². The Kier molecular flexibility index (Phi) is 6.77. The van der Waals surface area contributed by atoms with Crippen LogP contribution in [0.3, 0.4) is 0 Å². The maximum Gasteiger partial charge on any atom is 0.349 e. The molecule has 0 fully saturated rings. The summed E-state index contributed by atoms with van der Waals surface area (Å²) in [4.78, 5) is 12.2. The normalized spacial score (nSPS) is 11.8. The van der Waals surface area contributed by atoms with Gasteiger partial charge in [0.25, 0.3) is 0 Å². The Balaban J connectivity index is 1.51. The van der Waals surface area contributed by atoms with Crippen molar-refractivity contribution in [3.8, 4) is 16.9 Å². The van der Waals surface area contributed by atoms with E-state index >= 15 is 0 Å². The lowest BCUT2D eigenvalue weighted by atomic mass is 9.93. The maximum absolute atomic E-state index is 14.7. The Bertz CT molecular complexity index is 1300. The molecule has 1 atom stereocenters. The first-order valence-electron chi connectivity index (χ1n) is 10.6. The monoisotopic (exact) mass is 464 g/mol. The average molecular weight is 464 g/mol. The van der Waals surface area contributed by atoms with E-state index in [0.29, 0.717) is 17.5 Å². The van der Waals surface area contributed by atoms with E-state index in [0.717, 1.165) is 36.2 Å². The molecule has 0 spiro atoms. The molecule has 6 heteroatoms. The van der Waals surface area contributed by atoms with Crippen molar-refractivity contribution in [1.82, 2.24) is 0 Å². The lowest BCUT2D eigenvalue weighted by Gasteiger charge is -2.13. The summed E-state index contributed by atoms with van der Waals surface area (Å²) >= 11 is 0. The van der Waals surface area contributed by atoms with Crippen molar-refractivity contribution in [2.45, 2.75) is 19.3 Å². The van der Waals surface area contributed by atoms with Crippen molar-refractivity contribution in [1.29, 1.82) is 0 Å². The van der Waals surface area contributed by atoms with Crippen LogP contribution in [0.25, 0.3) is 11.1 Å². The van der Waals surface area contributed by atoms with Crippen molar-refractivity contribution in [2.75, 3.05) is 0 Å². The van der Waals surface area contributed by atoms with Crippen LogP contribution in [0.2, 0.25) is 0 Å². The second-order valence-electron chi connectivity index (χ2n) is 7.99. The summed E-state index contributed by atoms with van der Waals surface area (Å²) < 4.78 is 60.4. The molecular formula is C28H20F4O2. The first kappa shape index (κ1) is 23.2. The first-order chi connectivity index (χ1) is 16.3. The van der Waals surface area contributed by atoms with Crippen LogP contribution < -0.4 is 4.74 Å². The summed E-state index contributed by atoms with van der Waals surface area (Å²) in [6.45, 7) is 2.13. The maximum atomic E-state index is 14.7. The largest absolute Gasteiger partial charge is 0.423 e.